The molecule has 0 heterocycles. The first-order chi connectivity index (χ1) is 11.8. The molecule has 1 fully saturated rings. The lowest BCUT2D eigenvalue weighted by Gasteiger charge is -2.25. The molecule has 0 unspecified atom stereocenters. The summed E-state index contributed by atoms with van der Waals surface area (Å²) in [6.07, 6.45) is 7.03. The van der Waals surface area contributed by atoms with Gasteiger partial charge in [0.15, 0.2) is 0 Å². The number of sulfonamides is 1. The van der Waals surface area contributed by atoms with E-state index in [1.807, 2.05) is 13.0 Å². The summed E-state index contributed by atoms with van der Waals surface area (Å²) in [4.78, 5) is 12.3. The van der Waals surface area contributed by atoms with Gasteiger partial charge < -0.3 is 10.1 Å². The van der Waals surface area contributed by atoms with E-state index < -0.39 is 10.0 Å². The van der Waals surface area contributed by atoms with Crippen molar-refractivity contribution in [2.24, 2.45) is 5.92 Å². The Balaban J connectivity index is 2.10. The first kappa shape index (κ1) is 19.6. The zero-order chi connectivity index (χ0) is 18.4. The molecule has 7 heteroatoms. The third-order valence-electron chi connectivity index (χ3n) is 4.60. The van der Waals surface area contributed by atoms with Crippen LogP contribution in [0, 0.1) is 12.8 Å². The fraction of sp³-hybridized carbons (Fsp3) is 0.611. The van der Waals surface area contributed by atoms with E-state index in [1.54, 1.807) is 12.1 Å². The summed E-state index contributed by atoms with van der Waals surface area (Å²) in [5.41, 5.74) is 1.28. The Morgan fingerprint density at radius 2 is 1.96 bits per heavy atom. The van der Waals surface area contributed by atoms with Crippen LogP contribution in [0.1, 0.15) is 37.7 Å². The summed E-state index contributed by atoms with van der Waals surface area (Å²) in [6.45, 7) is 2.24. The van der Waals surface area contributed by atoms with Gasteiger partial charge in [0, 0.05) is 6.54 Å². The maximum absolute atomic E-state index is 12.3. The fourth-order valence-electron chi connectivity index (χ4n) is 3.21. The van der Waals surface area contributed by atoms with Crippen molar-refractivity contribution in [3.63, 3.8) is 0 Å². The average molecular weight is 368 g/mol. The first-order valence-electron chi connectivity index (χ1n) is 8.70. The molecule has 2 rings (SSSR count). The van der Waals surface area contributed by atoms with Crippen LogP contribution in [0.2, 0.25) is 0 Å². The molecule has 1 aliphatic rings. The molecular formula is C18H28N2O4S. The highest BCUT2D eigenvalue weighted by Crippen LogP contribution is 2.30. The van der Waals surface area contributed by atoms with Crippen LogP contribution in [0.25, 0.3) is 0 Å². The minimum atomic E-state index is -3.61. The smallest absolute Gasteiger partial charge is 0.240 e. The van der Waals surface area contributed by atoms with Gasteiger partial charge in [0.2, 0.25) is 15.9 Å². The van der Waals surface area contributed by atoms with Gasteiger partial charge in [-0.25, -0.2) is 8.42 Å². The molecule has 0 radical (unpaired) electrons. The number of aryl methyl sites for hydroxylation is 1. The maximum Gasteiger partial charge on any atom is 0.240 e. The van der Waals surface area contributed by atoms with E-state index in [0.717, 1.165) is 29.0 Å². The SMILES string of the molecule is COc1ccc(C)cc1N(CC(=O)NCC1CCCCC1)S(C)(=O)=O. The maximum atomic E-state index is 12.3. The summed E-state index contributed by atoms with van der Waals surface area (Å²) < 4.78 is 30.9. The largest absolute Gasteiger partial charge is 0.495 e. The summed E-state index contributed by atoms with van der Waals surface area (Å²) in [5, 5.41) is 2.89. The first-order valence-corrected chi connectivity index (χ1v) is 10.5. The predicted octanol–water partition coefficient (Wildman–Crippen LogP) is 2.47. The number of hydrogen-bond acceptors (Lipinski definition) is 4. The fourth-order valence-corrected chi connectivity index (χ4v) is 4.06. The van der Waals surface area contributed by atoms with Gasteiger partial charge in [-0.1, -0.05) is 25.3 Å². The van der Waals surface area contributed by atoms with Crippen molar-refractivity contribution in [2.45, 2.75) is 39.0 Å². The Bertz CT molecular complexity index is 697. The number of carbonyl (C=O) groups excluding carboxylic acids is 1. The van der Waals surface area contributed by atoms with E-state index in [4.69, 9.17) is 4.74 Å². The molecule has 25 heavy (non-hydrogen) atoms. The summed E-state index contributed by atoms with van der Waals surface area (Å²) in [7, 11) is -2.13. The third-order valence-corrected chi connectivity index (χ3v) is 5.73. The van der Waals surface area contributed by atoms with Gasteiger partial charge in [0.1, 0.15) is 12.3 Å². The van der Waals surface area contributed by atoms with Crippen molar-refractivity contribution in [3.8, 4) is 5.75 Å². The highest BCUT2D eigenvalue weighted by molar-refractivity contribution is 7.92. The van der Waals surface area contributed by atoms with Gasteiger partial charge >= 0.3 is 0 Å². The molecule has 1 aromatic carbocycles. The molecule has 6 nitrogen and oxygen atoms in total. The lowest BCUT2D eigenvalue weighted by atomic mass is 9.89. The van der Waals surface area contributed by atoms with Crippen molar-refractivity contribution < 1.29 is 17.9 Å². The Morgan fingerprint density at radius 3 is 2.56 bits per heavy atom. The van der Waals surface area contributed by atoms with E-state index >= 15 is 0 Å². The second kappa shape index (κ2) is 8.56. The highest BCUT2D eigenvalue weighted by Gasteiger charge is 2.24. The molecular weight excluding hydrogens is 340 g/mol. The molecule has 0 aromatic heterocycles. The number of nitrogens with one attached hydrogen (secondary N) is 1. The van der Waals surface area contributed by atoms with E-state index in [9.17, 15) is 13.2 Å². The topological polar surface area (TPSA) is 75.7 Å². The highest BCUT2D eigenvalue weighted by atomic mass is 32.2. The molecule has 1 N–H and O–H groups in total. The number of carbonyl (C=O) groups is 1. The molecule has 0 bridgehead atoms. The van der Waals surface area contributed by atoms with Gasteiger partial charge in [-0.05, 0) is 43.4 Å². The number of anilines is 1. The van der Waals surface area contributed by atoms with Gasteiger partial charge in [0.05, 0.1) is 19.1 Å². The van der Waals surface area contributed by atoms with E-state index in [0.29, 0.717) is 23.9 Å². The molecule has 140 valence electrons. The second-order valence-corrected chi connectivity index (χ2v) is 8.66. The van der Waals surface area contributed by atoms with Crippen molar-refractivity contribution in [1.82, 2.24) is 5.32 Å². The number of benzene rings is 1. The quantitative estimate of drug-likeness (QED) is 0.802. The van der Waals surface area contributed by atoms with Crippen LogP contribution < -0.4 is 14.4 Å². The van der Waals surface area contributed by atoms with Crippen LogP contribution in [0.3, 0.4) is 0 Å². The standard InChI is InChI=1S/C18H28N2O4S/c1-14-9-10-17(24-2)16(11-14)20(25(3,22)23)13-18(21)19-12-15-7-5-4-6-8-15/h9-11,15H,4-8,12-13H2,1-3H3,(H,19,21). The Kier molecular flexibility index (Phi) is 6.70. The van der Waals surface area contributed by atoms with Crippen LogP contribution in [0.5, 0.6) is 5.75 Å². The summed E-state index contributed by atoms with van der Waals surface area (Å²) >= 11 is 0. The zero-order valence-electron chi connectivity index (χ0n) is 15.2. The van der Waals surface area contributed by atoms with Crippen LogP contribution >= 0.6 is 0 Å². The average Bonchev–Trinajstić information content (AvgIpc) is 2.57. The van der Waals surface area contributed by atoms with Crippen molar-refractivity contribution in [2.75, 3.05) is 30.8 Å². The number of methoxy groups -OCH3 is 1. The molecule has 0 spiro atoms. The lowest BCUT2D eigenvalue weighted by molar-refractivity contribution is -0.119. The van der Waals surface area contributed by atoms with Crippen LogP contribution in [0.4, 0.5) is 5.69 Å². The van der Waals surface area contributed by atoms with Crippen LogP contribution in [0.15, 0.2) is 18.2 Å². The minimum absolute atomic E-state index is 0.245. The predicted molar refractivity (Wildman–Crippen MR) is 99.5 cm³/mol. The summed E-state index contributed by atoms with van der Waals surface area (Å²) in [6, 6.07) is 5.27. The third kappa shape index (κ3) is 5.63. The Hall–Kier alpha value is -1.76. The second-order valence-electron chi connectivity index (χ2n) is 6.75. The molecule has 1 aliphatic carbocycles. The minimum Gasteiger partial charge on any atom is -0.495 e. The number of amides is 1. The van der Waals surface area contributed by atoms with Crippen LogP contribution in [-0.2, 0) is 14.8 Å². The Morgan fingerprint density at radius 1 is 1.28 bits per heavy atom. The van der Waals surface area contributed by atoms with E-state index in [2.05, 4.69) is 5.32 Å². The Labute approximate surface area is 150 Å². The van der Waals surface area contributed by atoms with E-state index in [1.165, 1.54) is 26.4 Å². The number of nitrogens with zero attached hydrogens (tertiary/aromatic N) is 1. The van der Waals surface area contributed by atoms with Crippen molar-refractivity contribution >= 4 is 21.6 Å². The monoisotopic (exact) mass is 368 g/mol. The number of hydrogen-bond donors (Lipinski definition) is 1. The van der Waals surface area contributed by atoms with E-state index in [-0.39, 0.29) is 12.5 Å². The molecule has 0 atom stereocenters. The van der Waals surface area contributed by atoms with Crippen LogP contribution in [-0.4, -0.2) is 40.8 Å². The molecule has 1 amide bonds. The normalized spacial score (nSPS) is 15.6. The molecule has 1 aromatic rings. The lowest BCUT2D eigenvalue weighted by Crippen LogP contribution is -2.42. The molecule has 0 aliphatic heterocycles. The van der Waals surface area contributed by atoms with Gasteiger partial charge in [-0.15, -0.1) is 0 Å². The number of ether oxygens (including phenoxy) is 1. The van der Waals surface area contributed by atoms with Crippen molar-refractivity contribution in [1.29, 1.82) is 0 Å². The number of rotatable bonds is 7. The molecule has 1 saturated carbocycles. The van der Waals surface area contributed by atoms with Gasteiger partial charge in [0.25, 0.3) is 0 Å². The van der Waals surface area contributed by atoms with Crippen molar-refractivity contribution in [3.05, 3.63) is 23.8 Å². The summed E-state index contributed by atoms with van der Waals surface area (Å²) in [5.74, 6) is 0.633. The molecule has 0 saturated heterocycles. The zero-order valence-corrected chi connectivity index (χ0v) is 16.1. The van der Waals surface area contributed by atoms with Gasteiger partial charge in [-0.2, -0.15) is 0 Å². The van der Waals surface area contributed by atoms with Gasteiger partial charge in [-0.3, -0.25) is 9.10 Å².